The minimum absolute atomic E-state index is 0.0948. The number of nitrogens with one attached hydrogen (secondary N) is 1. The van der Waals surface area contributed by atoms with Crippen molar-refractivity contribution < 1.29 is 41.0 Å². The van der Waals surface area contributed by atoms with Gasteiger partial charge in [-0.2, -0.15) is 26.3 Å². The minimum Gasteiger partial charge on any atom is -0.378 e. The van der Waals surface area contributed by atoms with Gasteiger partial charge in [-0.15, -0.1) is 0 Å². The maximum absolute atomic E-state index is 13.5. The van der Waals surface area contributed by atoms with E-state index in [0.717, 1.165) is 34.9 Å². The van der Waals surface area contributed by atoms with Crippen LogP contribution < -0.4 is 5.56 Å². The van der Waals surface area contributed by atoms with E-state index in [1.165, 1.54) is 15.9 Å². The molecule has 3 aromatic rings. The predicted octanol–water partition coefficient (Wildman–Crippen LogP) is 5.84. The molecule has 2 fully saturated rings. The molecule has 50 heavy (non-hydrogen) atoms. The first-order valence-corrected chi connectivity index (χ1v) is 16.6. The number of H-pyrrole nitrogens is 1. The van der Waals surface area contributed by atoms with Gasteiger partial charge in [0.15, 0.2) is 6.10 Å². The molecule has 2 amide bonds. The molecule has 0 spiro atoms. The lowest BCUT2D eigenvalue weighted by molar-refractivity contribution is -0.198. The van der Waals surface area contributed by atoms with Crippen LogP contribution in [0.1, 0.15) is 84.0 Å². The fraction of sp³-hybridized carbons (Fsp3) is 0.444. The number of halogens is 6. The van der Waals surface area contributed by atoms with Crippen molar-refractivity contribution in [2.24, 2.45) is 5.41 Å². The number of aromatic nitrogens is 2. The van der Waals surface area contributed by atoms with Crippen LogP contribution in [0.25, 0.3) is 5.57 Å². The van der Waals surface area contributed by atoms with E-state index >= 15 is 0 Å². The van der Waals surface area contributed by atoms with Gasteiger partial charge < -0.3 is 19.9 Å². The number of hydrogen-bond donors (Lipinski definition) is 2. The van der Waals surface area contributed by atoms with E-state index in [9.17, 15) is 45.8 Å². The summed E-state index contributed by atoms with van der Waals surface area (Å²) in [5.41, 5.74) is -0.934. The van der Waals surface area contributed by atoms with E-state index in [4.69, 9.17) is 4.98 Å². The molecular weight excluding hydrogens is 666 g/mol. The van der Waals surface area contributed by atoms with Crippen LogP contribution in [0.2, 0.25) is 0 Å². The first kappa shape index (κ1) is 34.0. The summed E-state index contributed by atoms with van der Waals surface area (Å²) in [6, 6.07) is 11.7. The summed E-state index contributed by atoms with van der Waals surface area (Å²) in [5, 5.41) is 10.7. The van der Waals surface area contributed by atoms with Crippen LogP contribution in [-0.4, -0.2) is 62.5 Å². The van der Waals surface area contributed by atoms with Gasteiger partial charge >= 0.3 is 12.4 Å². The van der Waals surface area contributed by atoms with Crippen molar-refractivity contribution in [1.82, 2.24) is 19.8 Å². The summed E-state index contributed by atoms with van der Waals surface area (Å²) in [5.74, 6) is -1.19. The number of carbonyl (C=O) groups excluding carboxylic acids is 2. The Labute approximate surface area is 282 Å². The average Bonchev–Trinajstić information content (AvgIpc) is 4.01. The predicted molar refractivity (Wildman–Crippen MR) is 168 cm³/mol. The molecule has 2 saturated carbocycles. The van der Waals surface area contributed by atoms with Crippen molar-refractivity contribution in [3.8, 4) is 0 Å². The third-order valence-corrected chi connectivity index (χ3v) is 10.6. The number of nitrogens with zero attached hydrogens (tertiary/aromatic N) is 3. The monoisotopic (exact) mass is 700 g/mol. The summed E-state index contributed by atoms with van der Waals surface area (Å²) in [7, 11) is 0. The Balaban J connectivity index is 1.08. The van der Waals surface area contributed by atoms with Crippen LogP contribution >= 0.6 is 0 Å². The normalized spacial score (nSPS) is 20.3. The van der Waals surface area contributed by atoms with Crippen molar-refractivity contribution >= 4 is 17.4 Å². The largest absolute Gasteiger partial charge is 0.416 e. The van der Waals surface area contributed by atoms with Gasteiger partial charge in [-0.1, -0.05) is 42.5 Å². The van der Waals surface area contributed by atoms with E-state index in [1.807, 2.05) is 24.3 Å². The lowest BCUT2D eigenvalue weighted by Gasteiger charge is -2.31. The average molecular weight is 701 g/mol. The fourth-order valence-corrected chi connectivity index (χ4v) is 7.20. The maximum Gasteiger partial charge on any atom is 0.416 e. The van der Waals surface area contributed by atoms with Crippen molar-refractivity contribution in [2.45, 2.75) is 75.4 Å². The van der Waals surface area contributed by atoms with Crippen LogP contribution in [0.3, 0.4) is 0 Å². The number of aliphatic hydroxyl groups is 1. The summed E-state index contributed by atoms with van der Waals surface area (Å²) >= 11 is 0. The van der Waals surface area contributed by atoms with Gasteiger partial charge in [0.25, 0.3) is 11.5 Å². The van der Waals surface area contributed by atoms with Crippen LogP contribution in [0.15, 0.2) is 59.4 Å². The zero-order valence-corrected chi connectivity index (χ0v) is 26.8. The van der Waals surface area contributed by atoms with E-state index in [2.05, 4.69) is 4.98 Å². The molecule has 264 valence electrons. The molecule has 1 aromatic heterocycles. The number of carbonyl (C=O) groups is 2. The Morgan fingerprint density at radius 1 is 0.920 bits per heavy atom. The van der Waals surface area contributed by atoms with Crippen molar-refractivity contribution in [3.63, 3.8) is 0 Å². The second kappa shape index (κ2) is 12.1. The van der Waals surface area contributed by atoms with Gasteiger partial charge in [-0.3, -0.25) is 14.4 Å². The number of hydrogen-bond acceptors (Lipinski definition) is 5. The van der Waals surface area contributed by atoms with Gasteiger partial charge in [0.2, 0.25) is 5.91 Å². The van der Waals surface area contributed by atoms with Gasteiger partial charge in [-0.05, 0) is 79.3 Å². The Bertz CT molecular complexity index is 1940. The van der Waals surface area contributed by atoms with Gasteiger partial charge in [0.1, 0.15) is 11.2 Å². The molecule has 3 heterocycles. The molecular formula is C36H34F6N4O4. The molecule has 14 heteroatoms. The van der Waals surface area contributed by atoms with E-state index in [-0.39, 0.29) is 50.1 Å². The first-order valence-electron chi connectivity index (χ1n) is 16.6. The van der Waals surface area contributed by atoms with Gasteiger partial charge in [-0.25, -0.2) is 4.98 Å². The SMILES string of the molecule is O=C([C@H](O)c1cccc(C(F)(F)F)c1)N1CCCc2nc(C3(c4cccc(C5=CCN(C(=O)C6(C(F)(F)F)CC6)CC5)c4)CC3)[nH]c(=O)c2C1. The number of amides is 2. The molecule has 2 aliphatic heterocycles. The Morgan fingerprint density at radius 2 is 1.66 bits per heavy atom. The van der Waals surface area contributed by atoms with E-state index < -0.39 is 52.2 Å². The number of aromatic amines is 1. The Kier molecular flexibility index (Phi) is 8.23. The van der Waals surface area contributed by atoms with E-state index in [1.54, 1.807) is 6.08 Å². The molecule has 0 unspecified atom stereocenters. The third-order valence-electron chi connectivity index (χ3n) is 10.6. The highest BCUT2D eigenvalue weighted by Crippen LogP contribution is 2.59. The second-order valence-corrected chi connectivity index (χ2v) is 13.7. The van der Waals surface area contributed by atoms with Crippen molar-refractivity contribution in [1.29, 1.82) is 0 Å². The molecule has 4 aliphatic rings. The number of benzene rings is 2. The van der Waals surface area contributed by atoms with E-state index in [0.29, 0.717) is 43.6 Å². The molecule has 2 N–H and O–H groups in total. The summed E-state index contributed by atoms with van der Waals surface area (Å²) in [4.78, 5) is 49.8. The van der Waals surface area contributed by atoms with Crippen LogP contribution in [0.5, 0.6) is 0 Å². The highest BCUT2D eigenvalue weighted by atomic mass is 19.4. The highest BCUT2D eigenvalue weighted by molar-refractivity contribution is 5.87. The molecule has 2 aromatic carbocycles. The minimum atomic E-state index is -4.64. The Hall–Kier alpha value is -4.46. The number of alkyl halides is 6. The maximum atomic E-state index is 13.5. The topological polar surface area (TPSA) is 107 Å². The zero-order chi connectivity index (χ0) is 35.6. The fourth-order valence-electron chi connectivity index (χ4n) is 7.20. The smallest absolute Gasteiger partial charge is 0.378 e. The van der Waals surface area contributed by atoms with Crippen molar-refractivity contribution in [3.05, 3.63) is 104 Å². The standard InChI is InChI=1S/C36H34F6N4O4/c37-35(38,39)25-7-2-5-23(19-25)28(47)30(49)46-15-3-8-27-26(20-46)29(48)44-31(43-27)33(11-12-33)24-6-1-4-22(18-24)21-9-16-45(17-10-21)32(50)34(13-14-34)36(40,41)42/h1-2,4-7,9,18-19,28,47H,3,8,10-17,20H2,(H,43,44,48)/t28-/m1/s1. The van der Waals surface area contributed by atoms with Crippen LogP contribution in [0, 0.1) is 5.41 Å². The first-order chi connectivity index (χ1) is 23.6. The van der Waals surface area contributed by atoms with Crippen molar-refractivity contribution in [2.75, 3.05) is 19.6 Å². The molecule has 0 saturated heterocycles. The zero-order valence-electron chi connectivity index (χ0n) is 26.8. The molecule has 7 rings (SSSR count). The van der Waals surface area contributed by atoms with Crippen LogP contribution in [-0.2, 0) is 34.1 Å². The molecule has 0 bridgehead atoms. The number of rotatable bonds is 6. The number of aryl methyl sites for hydroxylation is 1. The lowest BCUT2D eigenvalue weighted by atomic mass is 9.90. The second-order valence-electron chi connectivity index (χ2n) is 13.7. The van der Waals surface area contributed by atoms with Crippen LogP contribution in [0.4, 0.5) is 26.3 Å². The lowest BCUT2D eigenvalue weighted by Crippen LogP contribution is -2.45. The van der Waals surface area contributed by atoms with Gasteiger partial charge in [0, 0.05) is 19.6 Å². The Morgan fingerprint density at radius 3 is 2.30 bits per heavy atom. The molecule has 8 nitrogen and oxygen atoms in total. The summed E-state index contributed by atoms with van der Waals surface area (Å²) in [6.45, 7) is 0.293. The number of fused-ring (bicyclic) bond motifs is 1. The molecule has 2 aliphatic carbocycles. The molecule has 1 atom stereocenters. The summed E-state index contributed by atoms with van der Waals surface area (Å²) in [6.07, 6.45) is -6.95. The third kappa shape index (κ3) is 6.01. The highest BCUT2D eigenvalue weighted by Gasteiger charge is 2.69. The summed E-state index contributed by atoms with van der Waals surface area (Å²) < 4.78 is 80.2. The quantitative estimate of drug-likeness (QED) is 0.315. The molecule has 0 radical (unpaired) electrons. The number of aliphatic hydroxyl groups excluding tert-OH is 1. The van der Waals surface area contributed by atoms with Gasteiger partial charge in [0.05, 0.1) is 28.8 Å².